The Morgan fingerprint density at radius 2 is 1.80 bits per heavy atom. The van der Waals surface area contributed by atoms with Crippen LogP contribution in [0, 0.1) is 5.41 Å². The molecule has 1 aromatic rings. The van der Waals surface area contributed by atoms with E-state index in [1.807, 2.05) is 23.2 Å². The summed E-state index contributed by atoms with van der Waals surface area (Å²) in [6.07, 6.45) is 10.4. The molecule has 0 unspecified atom stereocenters. The van der Waals surface area contributed by atoms with E-state index in [0.717, 1.165) is 63.5 Å². The van der Waals surface area contributed by atoms with Crippen molar-refractivity contribution < 1.29 is 4.79 Å². The second kappa shape index (κ2) is 7.32. The van der Waals surface area contributed by atoms with Crippen molar-refractivity contribution in [3.05, 3.63) is 23.9 Å². The topological polar surface area (TPSA) is 48.5 Å². The van der Waals surface area contributed by atoms with Gasteiger partial charge in [-0.25, -0.2) is 4.98 Å². The second-order valence-corrected chi connectivity index (χ2v) is 7.96. The molecule has 4 heterocycles. The molecule has 3 saturated heterocycles. The van der Waals surface area contributed by atoms with E-state index in [2.05, 4.69) is 15.2 Å². The van der Waals surface area contributed by atoms with E-state index < -0.39 is 0 Å². The quantitative estimate of drug-likeness (QED) is 0.898. The molecule has 1 aromatic heterocycles. The molecule has 0 saturated carbocycles. The highest BCUT2D eigenvalue weighted by Gasteiger charge is 2.35. The molecule has 0 aliphatic carbocycles. The highest BCUT2D eigenvalue weighted by atomic mass is 16.2. The molecule has 5 nitrogen and oxygen atoms in total. The first-order valence-corrected chi connectivity index (χ1v) is 9.97. The van der Waals surface area contributed by atoms with Crippen LogP contribution in [0.25, 0.3) is 0 Å². The van der Waals surface area contributed by atoms with Gasteiger partial charge in [0.05, 0.1) is 5.56 Å². The van der Waals surface area contributed by atoms with Crippen LogP contribution < -0.4 is 10.2 Å². The number of amides is 1. The van der Waals surface area contributed by atoms with Gasteiger partial charge in [-0.2, -0.15) is 0 Å². The van der Waals surface area contributed by atoms with Crippen LogP contribution in [0.4, 0.5) is 5.82 Å². The van der Waals surface area contributed by atoms with Crippen molar-refractivity contribution in [2.45, 2.75) is 44.9 Å². The Kier molecular flexibility index (Phi) is 4.93. The highest BCUT2D eigenvalue weighted by Crippen LogP contribution is 2.40. The van der Waals surface area contributed by atoms with E-state index in [0.29, 0.717) is 5.41 Å². The zero-order chi connectivity index (χ0) is 17.1. The number of pyridine rings is 1. The van der Waals surface area contributed by atoms with Crippen molar-refractivity contribution >= 4 is 11.7 Å². The summed E-state index contributed by atoms with van der Waals surface area (Å²) < 4.78 is 0. The van der Waals surface area contributed by atoms with Gasteiger partial charge in [-0.3, -0.25) is 4.79 Å². The molecule has 0 atom stereocenters. The van der Waals surface area contributed by atoms with Gasteiger partial charge in [0.15, 0.2) is 0 Å². The van der Waals surface area contributed by atoms with E-state index in [-0.39, 0.29) is 5.91 Å². The third-order valence-corrected chi connectivity index (χ3v) is 6.42. The number of hydrogen-bond acceptors (Lipinski definition) is 4. The Hall–Kier alpha value is -1.62. The molecule has 136 valence electrons. The maximum Gasteiger partial charge on any atom is 0.257 e. The molecule has 0 radical (unpaired) electrons. The predicted molar refractivity (Wildman–Crippen MR) is 100.0 cm³/mol. The van der Waals surface area contributed by atoms with E-state index in [9.17, 15) is 4.79 Å². The third kappa shape index (κ3) is 3.52. The van der Waals surface area contributed by atoms with Crippen LogP contribution in [0.1, 0.15) is 55.3 Å². The molecule has 25 heavy (non-hydrogen) atoms. The van der Waals surface area contributed by atoms with Crippen LogP contribution in [0.5, 0.6) is 0 Å². The van der Waals surface area contributed by atoms with Crippen LogP contribution in [-0.4, -0.2) is 55.1 Å². The number of piperidine rings is 1. The molecule has 1 amide bonds. The van der Waals surface area contributed by atoms with Crippen molar-refractivity contribution in [2.75, 3.05) is 44.2 Å². The largest absolute Gasteiger partial charge is 0.356 e. The second-order valence-electron chi connectivity index (χ2n) is 7.96. The lowest BCUT2D eigenvalue weighted by molar-refractivity contribution is 0.0793. The fourth-order valence-electron chi connectivity index (χ4n) is 4.83. The molecular formula is C20H30N4O. The van der Waals surface area contributed by atoms with Gasteiger partial charge >= 0.3 is 0 Å². The summed E-state index contributed by atoms with van der Waals surface area (Å²) >= 11 is 0. The molecule has 0 bridgehead atoms. The number of nitrogens with one attached hydrogen (secondary N) is 1. The van der Waals surface area contributed by atoms with Gasteiger partial charge in [-0.1, -0.05) is 0 Å². The number of hydrogen-bond donors (Lipinski definition) is 1. The molecule has 5 heteroatoms. The summed E-state index contributed by atoms with van der Waals surface area (Å²) in [6, 6.07) is 3.87. The number of rotatable bonds is 2. The van der Waals surface area contributed by atoms with E-state index in [1.165, 1.54) is 32.1 Å². The summed E-state index contributed by atoms with van der Waals surface area (Å²) in [7, 11) is 0. The Morgan fingerprint density at radius 1 is 1.00 bits per heavy atom. The summed E-state index contributed by atoms with van der Waals surface area (Å²) in [4.78, 5) is 21.9. The Balaban J connectivity index is 1.52. The maximum atomic E-state index is 12.9. The number of anilines is 1. The van der Waals surface area contributed by atoms with Crippen molar-refractivity contribution in [1.29, 1.82) is 0 Å². The van der Waals surface area contributed by atoms with Crippen molar-refractivity contribution in [3.8, 4) is 0 Å². The number of likely N-dealkylation sites (tertiary alicyclic amines) is 1. The number of carbonyl (C=O) groups excluding carboxylic acids is 1. The molecular weight excluding hydrogens is 312 g/mol. The van der Waals surface area contributed by atoms with Gasteiger partial charge in [-0.05, 0) is 75.6 Å². The van der Waals surface area contributed by atoms with E-state index in [4.69, 9.17) is 0 Å². The average molecular weight is 342 g/mol. The average Bonchev–Trinajstić information content (AvgIpc) is 3.12. The standard InChI is InChI=1S/C20H30N4O/c25-19(24-13-1-2-14-24)17-5-3-10-22-18(17)23-15-4-6-20(9-16-23)7-11-21-12-8-20/h3,5,10,21H,1-2,4,6-9,11-16H2. The van der Waals surface area contributed by atoms with Gasteiger partial charge in [0, 0.05) is 32.4 Å². The lowest BCUT2D eigenvalue weighted by Gasteiger charge is -2.37. The number of carbonyl (C=O) groups is 1. The lowest BCUT2D eigenvalue weighted by Crippen LogP contribution is -2.37. The smallest absolute Gasteiger partial charge is 0.257 e. The van der Waals surface area contributed by atoms with Gasteiger partial charge in [-0.15, -0.1) is 0 Å². The molecule has 4 rings (SSSR count). The van der Waals surface area contributed by atoms with Crippen molar-refractivity contribution in [2.24, 2.45) is 5.41 Å². The summed E-state index contributed by atoms with van der Waals surface area (Å²) in [5.41, 5.74) is 1.30. The summed E-state index contributed by atoms with van der Waals surface area (Å²) in [5, 5.41) is 3.50. The van der Waals surface area contributed by atoms with Crippen molar-refractivity contribution in [1.82, 2.24) is 15.2 Å². The minimum absolute atomic E-state index is 0.168. The Morgan fingerprint density at radius 3 is 2.60 bits per heavy atom. The summed E-state index contributed by atoms with van der Waals surface area (Å²) in [6.45, 7) is 6.14. The monoisotopic (exact) mass is 342 g/mol. The number of nitrogens with zero attached hydrogens (tertiary/aromatic N) is 3. The first kappa shape index (κ1) is 16.8. The first-order chi connectivity index (χ1) is 12.3. The van der Waals surface area contributed by atoms with Crippen LogP contribution in [0.2, 0.25) is 0 Å². The van der Waals surface area contributed by atoms with Crippen LogP contribution in [-0.2, 0) is 0 Å². The Labute approximate surface area is 150 Å². The van der Waals surface area contributed by atoms with Gasteiger partial charge in [0.1, 0.15) is 5.82 Å². The Bertz CT molecular complexity index is 605. The van der Waals surface area contributed by atoms with Crippen LogP contribution >= 0.6 is 0 Å². The fraction of sp³-hybridized carbons (Fsp3) is 0.700. The normalized spacial score (nSPS) is 23.7. The van der Waals surface area contributed by atoms with Crippen LogP contribution in [0.3, 0.4) is 0 Å². The molecule has 3 fully saturated rings. The third-order valence-electron chi connectivity index (χ3n) is 6.42. The SMILES string of the molecule is O=C(c1cccnc1N1CCCC2(CCNCC2)CC1)N1CCCC1. The van der Waals surface area contributed by atoms with Gasteiger partial charge in [0.25, 0.3) is 5.91 Å². The van der Waals surface area contributed by atoms with E-state index >= 15 is 0 Å². The first-order valence-electron chi connectivity index (χ1n) is 9.97. The molecule has 0 aromatic carbocycles. The minimum atomic E-state index is 0.168. The number of aromatic nitrogens is 1. The molecule has 1 N–H and O–H groups in total. The summed E-state index contributed by atoms with van der Waals surface area (Å²) in [5.74, 6) is 1.08. The van der Waals surface area contributed by atoms with Crippen LogP contribution in [0.15, 0.2) is 18.3 Å². The predicted octanol–water partition coefficient (Wildman–Crippen LogP) is 2.68. The molecule has 1 spiro atoms. The van der Waals surface area contributed by atoms with Crippen molar-refractivity contribution in [3.63, 3.8) is 0 Å². The minimum Gasteiger partial charge on any atom is -0.356 e. The lowest BCUT2D eigenvalue weighted by atomic mass is 9.73. The zero-order valence-electron chi connectivity index (χ0n) is 15.2. The highest BCUT2D eigenvalue weighted by molar-refractivity contribution is 5.99. The van der Waals surface area contributed by atoms with Gasteiger partial charge in [0.2, 0.25) is 0 Å². The zero-order valence-corrected chi connectivity index (χ0v) is 15.2. The molecule has 3 aliphatic rings. The maximum absolute atomic E-state index is 12.9. The van der Waals surface area contributed by atoms with E-state index in [1.54, 1.807) is 0 Å². The van der Waals surface area contributed by atoms with Gasteiger partial charge < -0.3 is 15.1 Å². The fourth-order valence-corrected chi connectivity index (χ4v) is 4.83. The molecule has 3 aliphatic heterocycles.